The maximum Gasteiger partial charge on any atom is 0.311 e. The van der Waals surface area contributed by atoms with Crippen LogP contribution in [0.3, 0.4) is 0 Å². The number of hydrogen-bond acceptors (Lipinski definition) is 3. The van der Waals surface area contributed by atoms with Crippen molar-refractivity contribution in [2.24, 2.45) is 5.73 Å². The van der Waals surface area contributed by atoms with E-state index in [2.05, 4.69) is 0 Å². The smallest absolute Gasteiger partial charge is 0.311 e. The maximum absolute atomic E-state index is 11.3. The van der Waals surface area contributed by atoms with Gasteiger partial charge in [-0.3, -0.25) is 9.59 Å². The highest BCUT2D eigenvalue weighted by Gasteiger charge is 2.32. The van der Waals surface area contributed by atoms with Crippen molar-refractivity contribution in [1.29, 1.82) is 0 Å². The number of para-hydroxylation sites is 1. The molecule has 0 saturated heterocycles. The van der Waals surface area contributed by atoms with Crippen LogP contribution in [0.4, 0.5) is 5.69 Å². The lowest BCUT2D eigenvalue weighted by molar-refractivity contribution is -0.139. The average molecular weight is 248 g/mol. The number of anilines is 1. The van der Waals surface area contributed by atoms with Crippen molar-refractivity contribution < 1.29 is 14.7 Å². The molecular formula is C13H16N2O3. The van der Waals surface area contributed by atoms with Gasteiger partial charge in [0.15, 0.2) is 0 Å². The van der Waals surface area contributed by atoms with E-state index in [1.54, 1.807) is 13.0 Å². The lowest BCUT2D eigenvalue weighted by atomic mass is 9.89. The van der Waals surface area contributed by atoms with Crippen LogP contribution in [0.15, 0.2) is 24.3 Å². The summed E-state index contributed by atoms with van der Waals surface area (Å²) in [6.07, 6.45) is 0.490. The molecule has 5 heteroatoms. The number of rotatable bonds is 3. The SMILES string of the molecule is C[C@H](C(N)=O)N1CC[C@@H](C(=O)O)c2ccccc21. The summed E-state index contributed by atoms with van der Waals surface area (Å²) in [5.41, 5.74) is 6.87. The van der Waals surface area contributed by atoms with Crippen molar-refractivity contribution >= 4 is 17.6 Å². The molecule has 0 unspecified atom stereocenters. The van der Waals surface area contributed by atoms with Crippen LogP contribution in [0.1, 0.15) is 24.8 Å². The van der Waals surface area contributed by atoms with Crippen molar-refractivity contribution in [2.75, 3.05) is 11.4 Å². The fourth-order valence-corrected chi connectivity index (χ4v) is 2.40. The first-order chi connectivity index (χ1) is 8.52. The summed E-state index contributed by atoms with van der Waals surface area (Å²) in [5.74, 6) is -1.73. The molecule has 0 fully saturated rings. The monoisotopic (exact) mass is 248 g/mol. The van der Waals surface area contributed by atoms with E-state index in [1.807, 2.05) is 23.1 Å². The van der Waals surface area contributed by atoms with Crippen molar-refractivity contribution in [3.63, 3.8) is 0 Å². The second kappa shape index (κ2) is 4.68. The molecule has 18 heavy (non-hydrogen) atoms. The minimum Gasteiger partial charge on any atom is -0.481 e. The number of carbonyl (C=O) groups excluding carboxylic acids is 1. The average Bonchev–Trinajstić information content (AvgIpc) is 2.36. The molecule has 2 atom stereocenters. The number of carbonyl (C=O) groups is 2. The Morgan fingerprint density at radius 2 is 2.11 bits per heavy atom. The van der Waals surface area contributed by atoms with Gasteiger partial charge in [-0.25, -0.2) is 0 Å². The molecule has 0 aliphatic carbocycles. The fraction of sp³-hybridized carbons (Fsp3) is 0.385. The molecule has 1 aliphatic heterocycles. The zero-order valence-electron chi connectivity index (χ0n) is 10.2. The van der Waals surface area contributed by atoms with Gasteiger partial charge in [0.25, 0.3) is 0 Å². The van der Waals surface area contributed by atoms with E-state index in [1.165, 1.54) is 0 Å². The van der Waals surface area contributed by atoms with Crippen LogP contribution in [0.2, 0.25) is 0 Å². The standard InChI is InChI=1S/C13H16N2O3/c1-8(12(14)16)15-7-6-10(13(17)18)9-4-2-3-5-11(9)15/h2-5,8,10H,6-7H2,1H3,(H2,14,16)(H,17,18)/t8-,10-/m1/s1. The predicted octanol–water partition coefficient (Wildman–Crippen LogP) is 0.939. The van der Waals surface area contributed by atoms with Crippen LogP contribution in [-0.4, -0.2) is 29.6 Å². The molecule has 0 aromatic heterocycles. The summed E-state index contributed by atoms with van der Waals surface area (Å²) in [5, 5.41) is 9.21. The highest BCUT2D eigenvalue weighted by atomic mass is 16.4. The molecule has 2 rings (SSSR count). The highest BCUT2D eigenvalue weighted by molar-refractivity contribution is 5.86. The summed E-state index contributed by atoms with van der Waals surface area (Å²) in [6, 6.07) is 6.86. The molecule has 96 valence electrons. The predicted molar refractivity (Wildman–Crippen MR) is 67.4 cm³/mol. The maximum atomic E-state index is 11.3. The van der Waals surface area contributed by atoms with E-state index in [-0.39, 0.29) is 0 Å². The number of aliphatic carboxylic acids is 1. The molecule has 5 nitrogen and oxygen atoms in total. The molecule has 1 amide bonds. The third-order valence-electron chi connectivity index (χ3n) is 3.46. The van der Waals surface area contributed by atoms with Gasteiger partial charge in [-0.2, -0.15) is 0 Å². The van der Waals surface area contributed by atoms with Gasteiger partial charge in [0.2, 0.25) is 5.91 Å². The number of benzene rings is 1. The van der Waals surface area contributed by atoms with Crippen LogP contribution in [0, 0.1) is 0 Å². The van der Waals surface area contributed by atoms with Gasteiger partial charge in [-0.15, -0.1) is 0 Å². The van der Waals surface area contributed by atoms with Crippen LogP contribution >= 0.6 is 0 Å². The second-order valence-electron chi connectivity index (χ2n) is 4.51. The Morgan fingerprint density at radius 1 is 1.44 bits per heavy atom. The number of nitrogens with two attached hydrogens (primary N) is 1. The number of primary amides is 1. The largest absolute Gasteiger partial charge is 0.481 e. The Morgan fingerprint density at radius 3 is 2.72 bits per heavy atom. The number of fused-ring (bicyclic) bond motifs is 1. The highest BCUT2D eigenvalue weighted by Crippen LogP contribution is 2.36. The topological polar surface area (TPSA) is 83.6 Å². The van der Waals surface area contributed by atoms with E-state index < -0.39 is 23.8 Å². The van der Waals surface area contributed by atoms with E-state index >= 15 is 0 Å². The van der Waals surface area contributed by atoms with Gasteiger partial charge in [-0.05, 0) is 25.0 Å². The Kier molecular flexibility index (Phi) is 3.23. The molecular weight excluding hydrogens is 232 g/mol. The first-order valence-corrected chi connectivity index (χ1v) is 5.90. The van der Waals surface area contributed by atoms with Gasteiger partial charge in [0.05, 0.1) is 5.92 Å². The Balaban J connectivity index is 2.42. The van der Waals surface area contributed by atoms with Crippen LogP contribution in [-0.2, 0) is 9.59 Å². The van der Waals surface area contributed by atoms with E-state index in [9.17, 15) is 14.7 Å². The summed E-state index contributed by atoms with van der Waals surface area (Å²) in [6.45, 7) is 2.26. The lowest BCUT2D eigenvalue weighted by Crippen LogP contribution is -2.46. The number of amides is 1. The molecule has 0 radical (unpaired) electrons. The first kappa shape index (κ1) is 12.4. The normalized spacial score (nSPS) is 20.1. The zero-order chi connectivity index (χ0) is 13.3. The third kappa shape index (κ3) is 2.03. The van der Waals surface area contributed by atoms with Gasteiger partial charge in [0, 0.05) is 12.2 Å². The molecule has 0 bridgehead atoms. The van der Waals surface area contributed by atoms with Gasteiger partial charge in [-0.1, -0.05) is 18.2 Å². The quantitative estimate of drug-likeness (QED) is 0.833. The minimum atomic E-state index is -0.825. The summed E-state index contributed by atoms with van der Waals surface area (Å²) < 4.78 is 0. The number of carboxylic acid groups (broad SMARTS) is 1. The second-order valence-corrected chi connectivity index (χ2v) is 4.51. The van der Waals surface area contributed by atoms with E-state index in [0.717, 1.165) is 11.3 Å². The van der Waals surface area contributed by atoms with Gasteiger partial charge >= 0.3 is 5.97 Å². The number of hydrogen-bond donors (Lipinski definition) is 2. The van der Waals surface area contributed by atoms with Crippen molar-refractivity contribution in [3.8, 4) is 0 Å². The first-order valence-electron chi connectivity index (χ1n) is 5.90. The zero-order valence-corrected chi connectivity index (χ0v) is 10.2. The molecule has 3 N–H and O–H groups in total. The van der Waals surface area contributed by atoms with Crippen molar-refractivity contribution in [2.45, 2.75) is 25.3 Å². The summed E-state index contributed by atoms with van der Waals surface area (Å²) in [7, 11) is 0. The van der Waals surface area contributed by atoms with Gasteiger partial charge < -0.3 is 15.7 Å². The number of carboxylic acids is 1. The molecule has 1 aliphatic rings. The van der Waals surface area contributed by atoms with Crippen LogP contribution in [0.25, 0.3) is 0 Å². The summed E-state index contributed by atoms with van der Waals surface area (Å²) in [4.78, 5) is 24.4. The Hall–Kier alpha value is -2.04. The minimum absolute atomic E-state index is 0.404. The molecule has 1 heterocycles. The van der Waals surface area contributed by atoms with Crippen LogP contribution in [0.5, 0.6) is 0 Å². The fourth-order valence-electron chi connectivity index (χ4n) is 2.40. The van der Waals surface area contributed by atoms with E-state index in [0.29, 0.717) is 13.0 Å². The molecule has 1 aromatic rings. The van der Waals surface area contributed by atoms with Crippen molar-refractivity contribution in [3.05, 3.63) is 29.8 Å². The molecule has 1 aromatic carbocycles. The van der Waals surface area contributed by atoms with Crippen molar-refractivity contribution in [1.82, 2.24) is 0 Å². The van der Waals surface area contributed by atoms with Crippen LogP contribution < -0.4 is 10.6 Å². The number of nitrogens with zero attached hydrogens (tertiary/aromatic N) is 1. The molecule has 0 saturated carbocycles. The lowest BCUT2D eigenvalue weighted by Gasteiger charge is -2.37. The van der Waals surface area contributed by atoms with Gasteiger partial charge in [0.1, 0.15) is 6.04 Å². The Bertz CT molecular complexity index is 487. The molecule has 0 spiro atoms. The third-order valence-corrected chi connectivity index (χ3v) is 3.46. The Labute approximate surface area is 105 Å². The van der Waals surface area contributed by atoms with E-state index in [4.69, 9.17) is 5.73 Å². The summed E-state index contributed by atoms with van der Waals surface area (Å²) >= 11 is 0.